The molecule has 5 nitrogen and oxygen atoms in total. The van der Waals surface area contributed by atoms with Crippen LogP contribution in [0.4, 0.5) is 0 Å². The molecule has 1 fully saturated rings. The van der Waals surface area contributed by atoms with E-state index in [-0.39, 0.29) is 0 Å². The number of nitrogens with zero attached hydrogens (tertiary/aromatic N) is 1. The number of hydrogen-bond donors (Lipinski definition) is 2. The first-order chi connectivity index (χ1) is 8.24. The van der Waals surface area contributed by atoms with Crippen molar-refractivity contribution in [2.45, 2.75) is 38.7 Å². The monoisotopic (exact) mass is 278 g/mol. The Hall–Kier alpha value is -0.170. The molecular formula is C12H26N2O3S. The summed E-state index contributed by atoms with van der Waals surface area (Å²) in [6.45, 7) is 6.32. The molecule has 2 atom stereocenters. The maximum absolute atomic E-state index is 11.5. The van der Waals surface area contributed by atoms with E-state index in [2.05, 4.69) is 5.32 Å². The summed E-state index contributed by atoms with van der Waals surface area (Å²) >= 11 is 0. The van der Waals surface area contributed by atoms with Gasteiger partial charge in [0.25, 0.3) is 0 Å². The fourth-order valence-corrected chi connectivity index (χ4v) is 3.11. The van der Waals surface area contributed by atoms with Gasteiger partial charge in [0.15, 0.2) is 0 Å². The number of hydrogen-bond acceptors (Lipinski definition) is 4. The molecule has 0 radical (unpaired) electrons. The summed E-state index contributed by atoms with van der Waals surface area (Å²) in [6.07, 6.45) is 3.95. The SMILES string of the molecule is CCC(C)(O)CNCC1CCCN(S(C)(=O)=O)C1. The van der Waals surface area contributed by atoms with E-state index in [1.165, 1.54) is 6.26 Å². The summed E-state index contributed by atoms with van der Waals surface area (Å²) in [6, 6.07) is 0. The minimum Gasteiger partial charge on any atom is -0.389 e. The average molecular weight is 278 g/mol. The molecule has 0 saturated carbocycles. The van der Waals surface area contributed by atoms with Crippen LogP contribution in [-0.4, -0.2) is 55.9 Å². The highest BCUT2D eigenvalue weighted by Crippen LogP contribution is 2.18. The summed E-state index contributed by atoms with van der Waals surface area (Å²) in [5.74, 6) is 0.348. The molecule has 18 heavy (non-hydrogen) atoms. The first-order valence-corrected chi connectivity index (χ1v) is 8.47. The van der Waals surface area contributed by atoms with Crippen molar-refractivity contribution in [1.82, 2.24) is 9.62 Å². The summed E-state index contributed by atoms with van der Waals surface area (Å²) in [5.41, 5.74) is -0.675. The highest BCUT2D eigenvalue weighted by Gasteiger charge is 2.26. The smallest absolute Gasteiger partial charge is 0.211 e. The van der Waals surface area contributed by atoms with Gasteiger partial charge in [0.1, 0.15) is 0 Å². The Morgan fingerprint density at radius 3 is 2.72 bits per heavy atom. The minimum atomic E-state index is -3.06. The van der Waals surface area contributed by atoms with E-state index in [0.717, 1.165) is 19.4 Å². The van der Waals surface area contributed by atoms with Gasteiger partial charge < -0.3 is 10.4 Å². The van der Waals surface area contributed by atoms with Crippen LogP contribution in [0.25, 0.3) is 0 Å². The second-order valence-corrected chi connectivity index (χ2v) is 7.59. The van der Waals surface area contributed by atoms with Gasteiger partial charge in [-0.25, -0.2) is 12.7 Å². The number of rotatable bonds is 6. The molecule has 1 rings (SSSR count). The van der Waals surface area contributed by atoms with Gasteiger partial charge in [-0.15, -0.1) is 0 Å². The maximum atomic E-state index is 11.5. The minimum absolute atomic E-state index is 0.348. The highest BCUT2D eigenvalue weighted by molar-refractivity contribution is 7.88. The lowest BCUT2D eigenvalue weighted by molar-refractivity contribution is 0.0541. The number of sulfonamides is 1. The molecule has 1 aliphatic heterocycles. The zero-order chi connectivity index (χ0) is 13.8. The second kappa shape index (κ2) is 6.32. The molecule has 0 aromatic heterocycles. The van der Waals surface area contributed by atoms with Crippen molar-refractivity contribution in [3.63, 3.8) is 0 Å². The molecule has 2 unspecified atom stereocenters. The van der Waals surface area contributed by atoms with Crippen molar-refractivity contribution in [1.29, 1.82) is 0 Å². The van der Waals surface area contributed by atoms with Crippen molar-refractivity contribution in [2.75, 3.05) is 32.4 Å². The Balaban J connectivity index is 2.35. The van der Waals surface area contributed by atoms with Crippen molar-refractivity contribution >= 4 is 10.0 Å². The van der Waals surface area contributed by atoms with Crippen molar-refractivity contribution < 1.29 is 13.5 Å². The van der Waals surface area contributed by atoms with Gasteiger partial charge >= 0.3 is 0 Å². The highest BCUT2D eigenvalue weighted by atomic mass is 32.2. The fourth-order valence-electron chi connectivity index (χ4n) is 2.17. The van der Waals surface area contributed by atoms with Crippen LogP contribution in [0.5, 0.6) is 0 Å². The van der Waals surface area contributed by atoms with Crippen LogP contribution in [0.2, 0.25) is 0 Å². The zero-order valence-electron chi connectivity index (χ0n) is 11.6. The molecule has 0 aromatic carbocycles. The second-order valence-electron chi connectivity index (χ2n) is 5.61. The van der Waals surface area contributed by atoms with Gasteiger partial charge in [-0.1, -0.05) is 6.92 Å². The first kappa shape index (κ1) is 15.9. The van der Waals surface area contributed by atoms with Crippen LogP contribution in [-0.2, 0) is 10.0 Å². The summed E-state index contributed by atoms with van der Waals surface area (Å²) < 4.78 is 24.5. The van der Waals surface area contributed by atoms with Crippen molar-refractivity contribution in [3.05, 3.63) is 0 Å². The normalized spacial score (nSPS) is 25.9. The van der Waals surface area contributed by atoms with Gasteiger partial charge in [0, 0.05) is 19.6 Å². The van der Waals surface area contributed by atoms with Gasteiger partial charge in [-0.05, 0) is 38.6 Å². The summed E-state index contributed by atoms with van der Waals surface area (Å²) in [7, 11) is -3.06. The third-order valence-corrected chi connectivity index (χ3v) is 4.92. The molecule has 0 aliphatic carbocycles. The van der Waals surface area contributed by atoms with E-state index in [9.17, 15) is 13.5 Å². The van der Waals surface area contributed by atoms with E-state index in [1.807, 2.05) is 13.8 Å². The van der Waals surface area contributed by atoms with Gasteiger partial charge in [0.2, 0.25) is 10.0 Å². The molecule has 108 valence electrons. The average Bonchev–Trinajstić information content (AvgIpc) is 2.28. The van der Waals surface area contributed by atoms with Crippen molar-refractivity contribution in [3.8, 4) is 0 Å². The summed E-state index contributed by atoms with van der Waals surface area (Å²) in [5, 5.41) is 13.1. The lowest BCUT2D eigenvalue weighted by Crippen LogP contribution is -2.45. The number of piperidine rings is 1. The third kappa shape index (κ3) is 5.22. The fraction of sp³-hybridized carbons (Fsp3) is 1.00. The number of aliphatic hydroxyl groups is 1. The predicted octanol–water partition coefficient (Wildman–Crippen LogP) is 0.409. The molecule has 6 heteroatoms. The van der Waals surface area contributed by atoms with E-state index >= 15 is 0 Å². The molecule has 2 N–H and O–H groups in total. The molecule has 0 spiro atoms. The molecule has 0 bridgehead atoms. The Morgan fingerprint density at radius 1 is 1.50 bits per heavy atom. The van der Waals surface area contributed by atoms with Crippen molar-refractivity contribution in [2.24, 2.45) is 5.92 Å². The lowest BCUT2D eigenvalue weighted by atomic mass is 9.98. The van der Waals surface area contributed by atoms with Crippen LogP contribution in [0, 0.1) is 5.92 Å². The van der Waals surface area contributed by atoms with Crippen LogP contribution in [0.3, 0.4) is 0 Å². The van der Waals surface area contributed by atoms with E-state index in [4.69, 9.17) is 0 Å². The quantitative estimate of drug-likeness (QED) is 0.738. The predicted molar refractivity (Wildman–Crippen MR) is 72.9 cm³/mol. The maximum Gasteiger partial charge on any atom is 0.211 e. The molecule has 1 aliphatic rings. The first-order valence-electron chi connectivity index (χ1n) is 6.63. The van der Waals surface area contributed by atoms with Crippen LogP contribution in [0.15, 0.2) is 0 Å². The lowest BCUT2D eigenvalue weighted by Gasteiger charge is -2.32. The van der Waals surface area contributed by atoms with Gasteiger partial charge in [-0.2, -0.15) is 0 Å². The van der Waals surface area contributed by atoms with Crippen LogP contribution < -0.4 is 5.32 Å². The standard InChI is InChI=1S/C12H26N2O3S/c1-4-12(2,15)10-13-8-11-6-5-7-14(9-11)18(3,16)17/h11,13,15H,4-10H2,1-3H3. The van der Waals surface area contributed by atoms with E-state index < -0.39 is 15.6 Å². The Morgan fingerprint density at radius 2 is 2.17 bits per heavy atom. The van der Waals surface area contributed by atoms with Gasteiger partial charge in [-0.3, -0.25) is 0 Å². The zero-order valence-corrected chi connectivity index (χ0v) is 12.5. The largest absolute Gasteiger partial charge is 0.389 e. The van der Waals surface area contributed by atoms with Crippen LogP contribution in [0.1, 0.15) is 33.1 Å². The third-order valence-electron chi connectivity index (χ3n) is 3.65. The Kier molecular flexibility index (Phi) is 5.58. The number of nitrogens with one attached hydrogen (secondary N) is 1. The Bertz CT molecular complexity index is 354. The van der Waals surface area contributed by atoms with E-state index in [1.54, 1.807) is 4.31 Å². The molecular weight excluding hydrogens is 252 g/mol. The van der Waals surface area contributed by atoms with Crippen LogP contribution >= 0.6 is 0 Å². The molecule has 0 aromatic rings. The molecule has 1 heterocycles. The van der Waals surface area contributed by atoms with E-state index in [0.29, 0.717) is 32.0 Å². The summed E-state index contributed by atoms with van der Waals surface area (Å²) in [4.78, 5) is 0. The topological polar surface area (TPSA) is 69.6 Å². The van der Waals surface area contributed by atoms with Gasteiger partial charge in [0.05, 0.1) is 11.9 Å². The Labute approximate surface area is 111 Å². The molecule has 1 saturated heterocycles. The molecule has 0 amide bonds.